The van der Waals surface area contributed by atoms with E-state index in [1.807, 2.05) is 11.8 Å². The molecule has 1 rings (SSSR count). The topological polar surface area (TPSA) is 62.4 Å². The first-order chi connectivity index (χ1) is 6.86. The lowest BCUT2D eigenvalue weighted by atomic mass is 10.2. The normalized spacial score (nSPS) is 19.4. The van der Waals surface area contributed by atoms with Crippen LogP contribution in [0.25, 0.3) is 0 Å². The molecule has 1 aliphatic rings. The zero-order valence-electron chi connectivity index (χ0n) is 8.75. The standard InChI is InChI=1S/C9H20N4S/c1-2-5-11-9(13-10)12-8-3-6-14-7-4-8/h8H,2-7,10H2,1H3,(H2,11,12,13). The molecule has 82 valence electrons. The summed E-state index contributed by atoms with van der Waals surface area (Å²) in [6.07, 6.45) is 3.46. The molecule has 1 fully saturated rings. The fourth-order valence-electron chi connectivity index (χ4n) is 1.39. The SMILES string of the molecule is CCCN=C(NN)NC1CCSCC1. The van der Waals surface area contributed by atoms with Crippen molar-refractivity contribution in [2.75, 3.05) is 18.1 Å². The molecular weight excluding hydrogens is 196 g/mol. The third-order valence-corrected chi connectivity index (χ3v) is 3.24. The molecular formula is C9H20N4S. The second-order valence-electron chi connectivity index (χ2n) is 3.41. The number of hydrogen-bond acceptors (Lipinski definition) is 3. The number of nitrogens with two attached hydrogens (primary N) is 1. The third kappa shape index (κ3) is 4.19. The molecule has 1 saturated heterocycles. The van der Waals surface area contributed by atoms with Crippen LogP contribution in [0.15, 0.2) is 4.99 Å². The number of thioether (sulfide) groups is 1. The predicted octanol–water partition coefficient (Wildman–Crippen LogP) is 0.701. The summed E-state index contributed by atoms with van der Waals surface area (Å²) in [5.74, 6) is 8.60. The van der Waals surface area contributed by atoms with Crippen molar-refractivity contribution in [2.45, 2.75) is 32.2 Å². The van der Waals surface area contributed by atoms with Crippen LogP contribution in [0.2, 0.25) is 0 Å². The molecule has 0 aromatic carbocycles. The van der Waals surface area contributed by atoms with E-state index < -0.39 is 0 Å². The van der Waals surface area contributed by atoms with Crippen LogP contribution in [-0.2, 0) is 0 Å². The minimum Gasteiger partial charge on any atom is -0.353 e. The van der Waals surface area contributed by atoms with Gasteiger partial charge in [-0.15, -0.1) is 0 Å². The molecule has 0 aliphatic carbocycles. The molecule has 4 nitrogen and oxygen atoms in total. The van der Waals surface area contributed by atoms with Gasteiger partial charge in [0.15, 0.2) is 0 Å². The molecule has 0 aromatic heterocycles. The highest BCUT2D eigenvalue weighted by Crippen LogP contribution is 2.16. The van der Waals surface area contributed by atoms with Crippen LogP contribution in [0.4, 0.5) is 0 Å². The highest BCUT2D eigenvalue weighted by Gasteiger charge is 2.14. The van der Waals surface area contributed by atoms with Crippen LogP contribution in [0.1, 0.15) is 26.2 Å². The van der Waals surface area contributed by atoms with Crippen molar-refractivity contribution in [3.8, 4) is 0 Å². The Kier molecular flexibility index (Phi) is 5.78. The number of nitrogens with one attached hydrogen (secondary N) is 2. The van der Waals surface area contributed by atoms with Gasteiger partial charge in [-0.2, -0.15) is 11.8 Å². The molecule has 1 aliphatic heterocycles. The lowest BCUT2D eigenvalue weighted by molar-refractivity contribution is 0.556. The van der Waals surface area contributed by atoms with Crippen LogP contribution in [-0.4, -0.2) is 30.1 Å². The summed E-state index contributed by atoms with van der Waals surface area (Å²) in [6, 6.07) is 0.544. The Morgan fingerprint density at radius 1 is 1.50 bits per heavy atom. The average Bonchev–Trinajstić information content (AvgIpc) is 2.25. The highest BCUT2D eigenvalue weighted by molar-refractivity contribution is 7.99. The minimum atomic E-state index is 0.544. The van der Waals surface area contributed by atoms with Gasteiger partial charge in [-0.25, -0.2) is 5.84 Å². The predicted molar refractivity (Wildman–Crippen MR) is 63.4 cm³/mol. The molecule has 1 heterocycles. The van der Waals surface area contributed by atoms with Gasteiger partial charge < -0.3 is 5.32 Å². The van der Waals surface area contributed by atoms with Crippen LogP contribution in [0, 0.1) is 0 Å². The number of guanidine groups is 1. The number of hydrazine groups is 1. The van der Waals surface area contributed by atoms with Gasteiger partial charge in [0.1, 0.15) is 0 Å². The number of hydrogen-bond donors (Lipinski definition) is 3. The Bertz CT molecular complexity index is 178. The first-order valence-corrected chi connectivity index (χ1v) is 6.37. The zero-order valence-corrected chi connectivity index (χ0v) is 9.57. The number of aliphatic imine (C=N–C) groups is 1. The summed E-state index contributed by atoms with van der Waals surface area (Å²) in [5.41, 5.74) is 2.62. The monoisotopic (exact) mass is 216 g/mol. The molecule has 0 spiro atoms. The Morgan fingerprint density at radius 3 is 2.79 bits per heavy atom. The minimum absolute atomic E-state index is 0.544. The lowest BCUT2D eigenvalue weighted by Gasteiger charge is -2.23. The number of nitrogens with zero attached hydrogens (tertiary/aromatic N) is 1. The average molecular weight is 216 g/mol. The summed E-state index contributed by atoms with van der Waals surface area (Å²) in [7, 11) is 0. The summed E-state index contributed by atoms with van der Waals surface area (Å²) < 4.78 is 0. The summed E-state index contributed by atoms with van der Waals surface area (Å²) in [5, 5.41) is 3.34. The van der Waals surface area contributed by atoms with Gasteiger partial charge in [0.25, 0.3) is 0 Å². The smallest absolute Gasteiger partial charge is 0.205 e. The Balaban J connectivity index is 2.30. The number of rotatable bonds is 3. The van der Waals surface area contributed by atoms with Crippen molar-refractivity contribution in [1.82, 2.24) is 10.7 Å². The fraction of sp³-hybridized carbons (Fsp3) is 0.889. The lowest BCUT2D eigenvalue weighted by Crippen LogP contribution is -2.47. The first-order valence-electron chi connectivity index (χ1n) is 5.22. The molecule has 0 bridgehead atoms. The Hall–Kier alpha value is -0.420. The van der Waals surface area contributed by atoms with Crippen molar-refractivity contribution in [1.29, 1.82) is 0 Å². The maximum atomic E-state index is 5.38. The van der Waals surface area contributed by atoms with Gasteiger partial charge in [0.05, 0.1) is 0 Å². The quantitative estimate of drug-likeness (QED) is 0.281. The summed E-state index contributed by atoms with van der Waals surface area (Å²) in [4.78, 5) is 4.32. The van der Waals surface area contributed by atoms with Crippen molar-refractivity contribution in [2.24, 2.45) is 10.8 Å². The fourth-order valence-corrected chi connectivity index (χ4v) is 2.50. The van der Waals surface area contributed by atoms with Crippen LogP contribution in [0.3, 0.4) is 0 Å². The molecule has 0 saturated carbocycles. The molecule has 5 heteroatoms. The van der Waals surface area contributed by atoms with Gasteiger partial charge in [-0.1, -0.05) is 6.92 Å². The van der Waals surface area contributed by atoms with E-state index in [4.69, 9.17) is 5.84 Å². The summed E-state index contributed by atoms with van der Waals surface area (Å²) in [6.45, 7) is 2.93. The van der Waals surface area contributed by atoms with Crippen molar-refractivity contribution < 1.29 is 0 Å². The van der Waals surface area contributed by atoms with Gasteiger partial charge in [0.2, 0.25) is 5.96 Å². The molecule has 0 atom stereocenters. The summed E-state index contributed by atoms with van der Waals surface area (Å²) >= 11 is 2.02. The Morgan fingerprint density at radius 2 is 2.21 bits per heavy atom. The van der Waals surface area contributed by atoms with E-state index in [1.54, 1.807) is 0 Å². The van der Waals surface area contributed by atoms with E-state index in [2.05, 4.69) is 22.7 Å². The maximum Gasteiger partial charge on any atom is 0.205 e. The van der Waals surface area contributed by atoms with E-state index in [-0.39, 0.29) is 0 Å². The maximum absolute atomic E-state index is 5.38. The second-order valence-corrected chi connectivity index (χ2v) is 4.63. The van der Waals surface area contributed by atoms with E-state index in [0.717, 1.165) is 18.9 Å². The second kappa shape index (κ2) is 6.95. The Labute approximate surface area is 90.1 Å². The molecule has 0 amide bonds. The van der Waals surface area contributed by atoms with Crippen molar-refractivity contribution >= 4 is 17.7 Å². The molecule has 0 radical (unpaired) electrons. The molecule has 4 N–H and O–H groups in total. The molecule has 0 aromatic rings. The van der Waals surface area contributed by atoms with E-state index in [9.17, 15) is 0 Å². The molecule has 0 unspecified atom stereocenters. The van der Waals surface area contributed by atoms with Gasteiger partial charge in [-0.05, 0) is 30.8 Å². The van der Waals surface area contributed by atoms with Gasteiger partial charge >= 0.3 is 0 Å². The van der Waals surface area contributed by atoms with Crippen LogP contribution in [0.5, 0.6) is 0 Å². The van der Waals surface area contributed by atoms with Crippen molar-refractivity contribution in [3.05, 3.63) is 0 Å². The van der Waals surface area contributed by atoms with Crippen molar-refractivity contribution in [3.63, 3.8) is 0 Å². The van der Waals surface area contributed by atoms with E-state index >= 15 is 0 Å². The van der Waals surface area contributed by atoms with E-state index in [0.29, 0.717) is 6.04 Å². The van der Waals surface area contributed by atoms with Gasteiger partial charge in [-0.3, -0.25) is 10.4 Å². The highest BCUT2D eigenvalue weighted by atomic mass is 32.2. The van der Waals surface area contributed by atoms with Crippen LogP contribution < -0.4 is 16.6 Å². The largest absolute Gasteiger partial charge is 0.353 e. The van der Waals surface area contributed by atoms with Crippen LogP contribution >= 0.6 is 11.8 Å². The van der Waals surface area contributed by atoms with E-state index in [1.165, 1.54) is 24.3 Å². The third-order valence-electron chi connectivity index (χ3n) is 2.19. The zero-order chi connectivity index (χ0) is 10.2. The molecule has 14 heavy (non-hydrogen) atoms. The first kappa shape index (κ1) is 11.7. The van der Waals surface area contributed by atoms with Gasteiger partial charge in [0, 0.05) is 12.6 Å².